The largest absolute Gasteiger partial charge is 0.484 e. The normalized spacial score (nSPS) is 11.8. The summed E-state index contributed by atoms with van der Waals surface area (Å²) in [6, 6.07) is 9.68. The van der Waals surface area contributed by atoms with Crippen molar-refractivity contribution in [1.29, 1.82) is 0 Å². The van der Waals surface area contributed by atoms with Crippen molar-refractivity contribution in [2.24, 2.45) is 5.92 Å². The van der Waals surface area contributed by atoms with E-state index in [1.54, 1.807) is 18.2 Å². The van der Waals surface area contributed by atoms with E-state index in [9.17, 15) is 14.0 Å². The van der Waals surface area contributed by atoms with Gasteiger partial charge in [0.05, 0.1) is 0 Å². The molecule has 0 saturated heterocycles. The molecule has 0 bridgehead atoms. The number of ether oxygens (including phenoxy) is 1. The molecular weight excluding hydrogens is 442 g/mol. The topological polar surface area (TPSA) is 58.6 Å². The molecule has 0 aliphatic rings. The number of carbonyl (C=O) groups is 2. The SMILES string of the molecule is CC[C@@H](C(=O)NCC(C)C)N(Cc1ccc(Cl)cc1Cl)C(=O)COc1ccc(F)cc1. The summed E-state index contributed by atoms with van der Waals surface area (Å²) in [6.07, 6.45) is 0.414. The van der Waals surface area contributed by atoms with Gasteiger partial charge in [-0.3, -0.25) is 9.59 Å². The molecular formula is C23H27Cl2FN2O3. The van der Waals surface area contributed by atoms with Gasteiger partial charge in [0.15, 0.2) is 6.61 Å². The van der Waals surface area contributed by atoms with Crippen LogP contribution >= 0.6 is 23.2 Å². The summed E-state index contributed by atoms with van der Waals surface area (Å²) in [5.74, 6) is -0.390. The maximum Gasteiger partial charge on any atom is 0.261 e. The van der Waals surface area contributed by atoms with Gasteiger partial charge in [0.25, 0.3) is 5.91 Å². The number of nitrogens with zero attached hydrogens (tertiary/aromatic N) is 1. The fourth-order valence-electron chi connectivity index (χ4n) is 2.93. The van der Waals surface area contributed by atoms with E-state index in [0.29, 0.717) is 34.3 Å². The van der Waals surface area contributed by atoms with Crippen LogP contribution in [0, 0.1) is 11.7 Å². The van der Waals surface area contributed by atoms with Gasteiger partial charge in [-0.25, -0.2) is 4.39 Å². The zero-order valence-corrected chi connectivity index (χ0v) is 19.3. The van der Waals surface area contributed by atoms with Gasteiger partial charge in [-0.15, -0.1) is 0 Å². The van der Waals surface area contributed by atoms with E-state index >= 15 is 0 Å². The van der Waals surface area contributed by atoms with Gasteiger partial charge < -0.3 is 15.0 Å². The number of nitrogens with one attached hydrogen (secondary N) is 1. The van der Waals surface area contributed by atoms with Gasteiger partial charge in [0, 0.05) is 23.1 Å². The third-order valence-electron chi connectivity index (χ3n) is 4.60. The number of benzene rings is 2. The van der Waals surface area contributed by atoms with E-state index in [4.69, 9.17) is 27.9 Å². The van der Waals surface area contributed by atoms with Crippen LogP contribution in [0.15, 0.2) is 42.5 Å². The van der Waals surface area contributed by atoms with Crippen LogP contribution < -0.4 is 10.1 Å². The highest BCUT2D eigenvalue weighted by Gasteiger charge is 2.29. The Morgan fingerprint density at radius 2 is 1.81 bits per heavy atom. The van der Waals surface area contributed by atoms with Gasteiger partial charge in [0.1, 0.15) is 17.6 Å². The summed E-state index contributed by atoms with van der Waals surface area (Å²) >= 11 is 12.3. The van der Waals surface area contributed by atoms with Crippen LogP contribution in [0.5, 0.6) is 5.75 Å². The van der Waals surface area contributed by atoms with Crippen molar-refractivity contribution in [3.8, 4) is 5.75 Å². The Labute approximate surface area is 192 Å². The van der Waals surface area contributed by atoms with Gasteiger partial charge >= 0.3 is 0 Å². The molecule has 0 aliphatic carbocycles. The molecule has 0 saturated carbocycles. The van der Waals surface area contributed by atoms with Crippen LogP contribution in [0.25, 0.3) is 0 Å². The lowest BCUT2D eigenvalue weighted by atomic mass is 10.1. The van der Waals surface area contributed by atoms with Crippen molar-refractivity contribution >= 4 is 35.0 Å². The van der Waals surface area contributed by atoms with Crippen LogP contribution in [0.3, 0.4) is 0 Å². The van der Waals surface area contributed by atoms with E-state index < -0.39 is 11.9 Å². The number of hydrogen-bond donors (Lipinski definition) is 1. The predicted octanol–water partition coefficient (Wildman–Crippen LogP) is 5.09. The Bertz CT molecular complexity index is 891. The van der Waals surface area contributed by atoms with Crippen LogP contribution in [0.2, 0.25) is 10.0 Å². The minimum absolute atomic E-state index is 0.120. The van der Waals surface area contributed by atoms with Crippen LogP contribution in [0.1, 0.15) is 32.8 Å². The smallest absolute Gasteiger partial charge is 0.261 e. The average Bonchev–Trinajstić information content (AvgIpc) is 2.73. The summed E-state index contributed by atoms with van der Waals surface area (Å²) in [6.45, 7) is 6.15. The second-order valence-electron chi connectivity index (χ2n) is 7.56. The van der Waals surface area contributed by atoms with Gasteiger partial charge in [-0.1, -0.05) is 50.0 Å². The van der Waals surface area contributed by atoms with Crippen molar-refractivity contribution in [1.82, 2.24) is 10.2 Å². The molecule has 0 unspecified atom stereocenters. The van der Waals surface area contributed by atoms with Crippen molar-refractivity contribution in [3.63, 3.8) is 0 Å². The number of halogens is 3. The van der Waals surface area contributed by atoms with Gasteiger partial charge in [-0.05, 0) is 54.3 Å². The van der Waals surface area contributed by atoms with Crippen molar-refractivity contribution in [2.75, 3.05) is 13.2 Å². The first kappa shape index (κ1) is 25.0. The van der Waals surface area contributed by atoms with Gasteiger partial charge in [-0.2, -0.15) is 0 Å². The first-order valence-electron chi connectivity index (χ1n) is 10.1. The monoisotopic (exact) mass is 468 g/mol. The minimum Gasteiger partial charge on any atom is -0.484 e. The third-order valence-corrected chi connectivity index (χ3v) is 5.19. The molecule has 2 rings (SSSR count). The zero-order valence-electron chi connectivity index (χ0n) is 17.8. The van der Waals surface area contributed by atoms with Crippen LogP contribution in [0.4, 0.5) is 4.39 Å². The van der Waals surface area contributed by atoms with Crippen molar-refractivity contribution in [3.05, 3.63) is 63.9 Å². The fraction of sp³-hybridized carbons (Fsp3) is 0.391. The highest BCUT2D eigenvalue weighted by atomic mass is 35.5. The molecule has 0 spiro atoms. The quantitative estimate of drug-likeness (QED) is 0.528. The third kappa shape index (κ3) is 7.71. The Hall–Kier alpha value is -2.31. The van der Waals surface area contributed by atoms with E-state index in [2.05, 4.69) is 5.32 Å². The Morgan fingerprint density at radius 1 is 1.13 bits per heavy atom. The summed E-state index contributed by atoms with van der Waals surface area (Å²) < 4.78 is 18.6. The number of rotatable bonds is 10. The molecule has 5 nitrogen and oxygen atoms in total. The standard InChI is InChI=1S/C23H27Cl2FN2O3/c1-4-21(23(30)27-12-15(2)3)28(13-16-5-6-17(24)11-20(16)25)22(29)14-31-19-9-7-18(26)8-10-19/h5-11,15,21H,4,12-14H2,1-3H3,(H,27,30)/t21-/m0/s1. The first-order chi connectivity index (χ1) is 14.7. The molecule has 2 amide bonds. The molecule has 0 aliphatic heterocycles. The van der Waals surface area contributed by atoms with E-state index in [-0.39, 0.29) is 30.9 Å². The van der Waals surface area contributed by atoms with E-state index in [1.165, 1.54) is 29.2 Å². The zero-order chi connectivity index (χ0) is 23.0. The second kappa shape index (κ2) is 11.9. The average molecular weight is 469 g/mol. The maximum absolute atomic E-state index is 13.1. The van der Waals surface area contributed by atoms with Crippen LogP contribution in [-0.2, 0) is 16.1 Å². The van der Waals surface area contributed by atoms with Crippen molar-refractivity contribution in [2.45, 2.75) is 39.8 Å². The predicted molar refractivity (Wildman–Crippen MR) is 121 cm³/mol. The Morgan fingerprint density at radius 3 is 2.39 bits per heavy atom. The Kier molecular flexibility index (Phi) is 9.59. The summed E-state index contributed by atoms with van der Waals surface area (Å²) in [5.41, 5.74) is 0.663. The van der Waals surface area contributed by atoms with Gasteiger partial charge in [0.2, 0.25) is 5.91 Å². The summed E-state index contributed by atoms with van der Waals surface area (Å²) in [7, 11) is 0. The molecule has 2 aromatic rings. The Balaban J connectivity index is 2.22. The number of hydrogen-bond acceptors (Lipinski definition) is 3. The molecule has 0 fully saturated rings. The lowest BCUT2D eigenvalue weighted by molar-refractivity contribution is -0.143. The molecule has 0 aromatic heterocycles. The van der Waals surface area contributed by atoms with E-state index in [1.807, 2.05) is 20.8 Å². The molecule has 8 heteroatoms. The molecule has 1 N–H and O–H groups in total. The minimum atomic E-state index is -0.699. The number of amides is 2. The summed E-state index contributed by atoms with van der Waals surface area (Å²) in [5, 5.41) is 3.77. The lowest BCUT2D eigenvalue weighted by Crippen LogP contribution is -2.50. The molecule has 168 valence electrons. The summed E-state index contributed by atoms with van der Waals surface area (Å²) in [4.78, 5) is 27.4. The fourth-order valence-corrected chi connectivity index (χ4v) is 3.40. The first-order valence-corrected chi connectivity index (χ1v) is 10.9. The molecule has 31 heavy (non-hydrogen) atoms. The maximum atomic E-state index is 13.1. The molecule has 1 atom stereocenters. The van der Waals surface area contributed by atoms with E-state index in [0.717, 1.165) is 0 Å². The van der Waals surface area contributed by atoms with Crippen molar-refractivity contribution < 1.29 is 18.7 Å². The van der Waals surface area contributed by atoms with Crippen LogP contribution in [-0.4, -0.2) is 35.9 Å². The lowest BCUT2D eigenvalue weighted by Gasteiger charge is -2.31. The molecule has 0 heterocycles. The second-order valence-corrected chi connectivity index (χ2v) is 8.41. The molecule has 2 aromatic carbocycles. The molecule has 0 radical (unpaired) electrons. The highest BCUT2D eigenvalue weighted by molar-refractivity contribution is 6.35. The number of carbonyl (C=O) groups excluding carboxylic acids is 2. The highest BCUT2D eigenvalue weighted by Crippen LogP contribution is 2.24.